The Hall–Kier alpha value is -2.83. The van der Waals surface area contributed by atoms with Crippen molar-refractivity contribution >= 4 is 17.6 Å². The van der Waals surface area contributed by atoms with Gasteiger partial charge in [-0.1, -0.05) is 23.4 Å². The number of nitrogens with zero attached hydrogens (tertiary/aromatic N) is 2. The molecule has 2 amide bonds. The molecule has 24 heavy (non-hydrogen) atoms. The normalized spacial score (nSPS) is 10.3. The van der Waals surface area contributed by atoms with Crippen LogP contribution in [0.5, 0.6) is 5.75 Å². The highest BCUT2D eigenvalue weighted by Crippen LogP contribution is 2.17. The average Bonchev–Trinajstić information content (AvgIpc) is 2.99. The maximum absolute atomic E-state index is 12.1. The molecule has 1 N–H and O–H groups in total. The molecule has 7 nitrogen and oxygen atoms in total. The lowest BCUT2D eigenvalue weighted by atomic mass is 10.1. The number of methoxy groups -OCH3 is 1. The third-order valence-corrected chi connectivity index (χ3v) is 3.48. The number of ether oxygens (including phenoxy) is 1. The van der Waals surface area contributed by atoms with Crippen LogP contribution in [0.2, 0.25) is 0 Å². The molecule has 1 aromatic carbocycles. The second-order valence-corrected chi connectivity index (χ2v) is 5.31. The molecule has 0 fully saturated rings. The van der Waals surface area contributed by atoms with E-state index < -0.39 is 0 Å². The number of carbonyl (C=O) groups excluding carboxylic acids is 2. The molecule has 7 heteroatoms. The zero-order chi connectivity index (χ0) is 17.5. The van der Waals surface area contributed by atoms with E-state index in [0.717, 1.165) is 11.3 Å². The standard InChI is InChI=1S/C17H21N3O4/c1-12-10-16(19-24-12)20(13(2)21)11-17(22)18-9-8-14-6-4-5-7-15(14)23-3/h4-7,10H,8-9,11H2,1-3H3,(H,18,22). The first-order chi connectivity index (χ1) is 11.5. The first-order valence-corrected chi connectivity index (χ1v) is 7.61. The monoisotopic (exact) mass is 331 g/mol. The summed E-state index contributed by atoms with van der Waals surface area (Å²) in [5.41, 5.74) is 1.01. The maximum atomic E-state index is 12.1. The SMILES string of the molecule is COc1ccccc1CCNC(=O)CN(C(C)=O)c1cc(C)on1. The Labute approximate surface area is 140 Å². The number of aromatic nitrogens is 1. The van der Waals surface area contributed by atoms with Crippen LogP contribution in [0.3, 0.4) is 0 Å². The molecule has 0 aliphatic heterocycles. The average molecular weight is 331 g/mol. The molecule has 0 aliphatic carbocycles. The first kappa shape index (κ1) is 17.5. The van der Waals surface area contributed by atoms with Crippen LogP contribution < -0.4 is 15.0 Å². The number of carbonyl (C=O) groups is 2. The fourth-order valence-electron chi connectivity index (χ4n) is 2.28. The minimum absolute atomic E-state index is 0.104. The molecule has 0 radical (unpaired) electrons. The van der Waals surface area contributed by atoms with Gasteiger partial charge >= 0.3 is 0 Å². The number of para-hydroxylation sites is 1. The number of rotatable bonds is 7. The summed E-state index contributed by atoms with van der Waals surface area (Å²) in [5.74, 6) is 1.16. The number of anilines is 1. The van der Waals surface area contributed by atoms with Gasteiger partial charge in [0.15, 0.2) is 5.82 Å². The molecule has 0 saturated carbocycles. The van der Waals surface area contributed by atoms with Crippen molar-refractivity contribution in [3.05, 3.63) is 41.7 Å². The lowest BCUT2D eigenvalue weighted by Crippen LogP contribution is -2.40. The summed E-state index contributed by atoms with van der Waals surface area (Å²) in [7, 11) is 1.61. The minimum Gasteiger partial charge on any atom is -0.496 e. The topological polar surface area (TPSA) is 84.7 Å². The van der Waals surface area contributed by atoms with Gasteiger partial charge in [0.2, 0.25) is 11.8 Å². The van der Waals surface area contributed by atoms with Gasteiger partial charge in [-0.2, -0.15) is 0 Å². The highest BCUT2D eigenvalue weighted by molar-refractivity contribution is 5.96. The van der Waals surface area contributed by atoms with Gasteiger partial charge in [-0.3, -0.25) is 14.5 Å². The van der Waals surface area contributed by atoms with Gasteiger partial charge in [-0.25, -0.2) is 0 Å². The van der Waals surface area contributed by atoms with Crippen LogP contribution >= 0.6 is 0 Å². The number of hydrogen-bond donors (Lipinski definition) is 1. The number of nitrogens with one attached hydrogen (secondary N) is 1. The molecule has 1 heterocycles. The lowest BCUT2D eigenvalue weighted by molar-refractivity contribution is -0.123. The summed E-state index contributed by atoms with van der Waals surface area (Å²) in [4.78, 5) is 25.1. The van der Waals surface area contributed by atoms with Crippen molar-refractivity contribution in [1.82, 2.24) is 10.5 Å². The van der Waals surface area contributed by atoms with Crippen molar-refractivity contribution in [3.8, 4) is 5.75 Å². The maximum Gasteiger partial charge on any atom is 0.240 e. The van der Waals surface area contributed by atoms with E-state index in [2.05, 4.69) is 10.5 Å². The van der Waals surface area contributed by atoms with Gasteiger partial charge in [0.1, 0.15) is 18.1 Å². The van der Waals surface area contributed by atoms with E-state index in [4.69, 9.17) is 9.26 Å². The molecule has 0 spiro atoms. The third-order valence-electron chi connectivity index (χ3n) is 3.48. The predicted molar refractivity (Wildman–Crippen MR) is 89.0 cm³/mol. The van der Waals surface area contributed by atoms with E-state index in [9.17, 15) is 9.59 Å². The Balaban J connectivity index is 1.89. The highest BCUT2D eigenvalue weighted by atomic mass is 16.5. The van der Waals surface area contributed by atoms with Gasteiger partial charge in [0.05, 0.1) is 7.11 Å². The van der Waals surface area contributed by atoms with Crippen LogP contribution in [0.25, 0.3) is 0 Å². The Morgan fingerprint density at radius 3 is 2.71 bits per heavy atom. The Kier molecular flexibility index (Phi) is 5.95. The molecule has 1 aromatic heterocycles. The summed E-state index contributed by atoms with van der Waals surface area (Å²) in [6, 6.07) is 9.26. The van der Waals surface area contributed by atoms with Crippen molar-refractivity contribution in [2.45, 2.75) is 20.3 Å². The highest BCUT2D eigenvalue weighted by Gasteiger charge is 2.18. The molecule has 2 aromatic rings. The quantitative estimate of drug-likeness (QED) is 0.835. The van der Waals surface area contributed by atoms with E-state index >= 15 is 0 Å². The molecule has 2 rings (SSSR count). The van der Waals surface area contributed by atoms with Crippen LogP contribution in [0.4, 0.5) is 5.82 Å². The number of benzene rings is 1. The Morgan fingerprint density at radius 1 is 1.33 bits per heavy atom. The fourth-order valence-corrected chi connectivity index (χ4v) is 2.28. The van der Waals surface area contributed by atoms with Crippen LogP contribution in [0, 0.1) is 6.92 Å². The molecule has 0 aliphatic rings. The largest absolute Gasteiger partial charge is 0.496 e. The zero-order valence-corrected chi connectivity index (χ0v) is 14.0. The van der Waals surface area contributed by atoms with Gasteiger partial charge in [-0.05, 0) is 25.0 Å². The molecular weight excluding hydrogens is 310 g/mol. The third kappa shape index (κ3) is 4.58. The summed E-state index contributed by atoms with van der Waals surface area (Å²) in [6.07, 6.45) is 0.638. The second kappa shape index (κ2) is 8.14. The molecule has 0 bridgehead atoms. The van der Waals surface area contributed by atoms with Crippen LogP contribution in [-0.2, 0) is 16.0 Å². The predicted octanol–water partition coefficient (Wildman–Crippen LogP) is 1.70. The fraction of sp³-hybridized carbons (Fsp3) is 0.353. The first-order valence-electron chi connectivity index (χ1n) is 7.61. The van der Waals surface area contributed by atoms with Gasteiger partial charge in [0.25, 0.3) is 0 Å². The van der Waals surface area contributed by atoms with E-state index in [0.29, 0.717) is 24.5 Å². The zero-order valence-electron chi connectivity index (χ0n) is 14.0. The molecular formula is C17H21N3O4. The van der Waals surface area contributed by atoms with Crippen molar-refractivity contribution < 1.29 is 18.8 Å². The van der Waals surface area contributed by atoms with Crippen LogP contribution in [0.15, 0.2) is 34.9 Å². The second-order valence-electron chi connectivity index (χ2n) is 5.31. The summed E-state index contributed by atoms with van der Waals surface area (Å²) in [6.45, 7) is 3.45. The smallest absolute Gasteiger partial charge is 0.240 e. The Bertz CT molecular complexity index is 711. The number of amides is 2. The van der Waals surface area contributed by atoms with Crippen molar-refractivity contribution in [2.24, 2.45) is 0 Å². The summed E-state index contributed by atoms with van der Waals surface area (Å²) in [5, 5.41) is 6.57. The van der Waals surface area contributed by atoms with Crippen LogP contribution in [0.1, 0.15) is 18.2 Å². The molecule has 0 unspecified atom stereocenters. The lowest BCUT2D eigenvalue weighted by Gasteiger charge is -2.17. The van der Waals surface area contributed by atoms with E-state index in [1.807, 2.05) is 24.3 Å². The van der Waals surface area contributed by atoms with E-state index in [1.165, 1.54) is 11.8 Å². The van der Waals surface area contributed by atoms with E-state index in [1.54, 1.807) is 20.1 Å². The molecule has 0 saturated heterocycles. The Morgan fingerprint density at radius 2 is 2.08 bits per heavy atom. The van der Waals surface area contributed by atoms with Crippen molar-refractivity contribution in [3.63, 3.8) is 0 Å². The molecule has 128 valence electrons. The van der Waals surface area contributed by atoms with Crippen molar-refractivity contribution in [1.29, 1.82) is 0 Å². The molecule has 0 atom stereocenters. The number of hydrogen-bond acceptors (Lipinski definition) is 5. The van der Waals surface area contributed by atoms with Crippen molar-refractivity contribution in [2.75, 3.05) is 25.1 Å². The van der Waals surface area contributed by atoms with Crippen LogP contribution in [-0.4, -0.2) is 37.2 Å². The summed E-state index contributed by atoms with van der Waals surface area (Å²) >= 11 is 0. The summed E-state index contributed by atoms with van der Waals surface area (Å²) < 4.78 is 10.2. The van der Waals surface area contributed by atoms with Gasteiger partial charge in [-0.15, -0.1) is 0 Å². The van der Waals surface area contributed by atoms with E-state index in [-0.39, 0.29) is 18.4 Å². The van der Waals surface area contributed by atoms with Gasteiger partial charge in [0, 0.05) is 19.5 Å². The minimum atomic E-state index is -0.275. The number of aryl methyl sites for hydroxylation is 1. The van der Waals surface area contributed by atoms with Gasteiger partial charge < -0.3 is 14.6 Å².